The summed E-state index contributed by atoms with van der Waals surface area (Å²) in [6.07, 6.45) is 0.976. The Bertz CT molecular complexity index is 273. The molecule has 0 spiro atoms. The van der Waals surface area contributed by atoms with Crippen molar-refractivity contribution in [1.29, 1.82) is 0 Å². The maximum Gasteiger partial charge on any atom is 0.129 e. The molecule has 0 aliphatic rings. The molecule has 0 aliphatic heterocycles. The molecule has 0 saturated carbocycles. The Labute approximate surface area is 90.2 Å². The quantitative estimate of drug-likeness (QED) is 0.716. The van der Waals surface area contributed by atoms with Crippen LogP contribution in [0.2, 0.25) is 0 Å². The second-order valence-corrected chi connectivity index (χ2v) is 3.59. The zero-order chi connectivity index (χ0) is 11.1. The van der Waals surface area contributed by atoms with E-state index in [1.807, 2.05) is 6.07 Å². The normalized spacial score (nSPS) is 13.0. The minimum Gasteiger partial charge on any atom is -0.462 e. The molecule has 0 fully saturated rings. The average molecular weight is 213 g/mol. The molecule has 1 aromatic heterocycles. The Morgan fingerprint density at radius 3 is 2.80 bits per heavy atom. The maximum atomic E-state index is 8.81. The first-order chi connectivity index (χ1) is 7.26. The van der Waals surface area contributed by atoms with Crippen molar-refractivity contribution in [3.8, 4) is 0 Å². The highest BCUT2D eigenvalue weighted by Gasteiger charge is 2.04. The van der Waals surface area contributed by atoms with Crippen molar-refractivity contribution in [2.45, 2.75) is 32.5 Å². The number of aliphatic hydroxyl groups excluding tert-OH is 1. The third-order valence-corrected chi connectivity index (χ3v) is 2.25. The Morgan fingerprint density at radius 2 is 2.20 bits per heavy atom. The van der Waals surface area contributed by atoms with Crippen molar-refractivity contribution >= 4 is 0 Å². The molecule has 0 radical (unpaired) electrons. The van der Waals surface area contributed by atoms with Crippen molar-refractivity contribution in [1.82, 2.24) is 5.32 Å². The molecule has 0 amide bonds. The largest absolute Gasteiger partial charge is 0.462 e. The molecule has 4 heteroatoms. The minimum atomic E-state index is -0.0424. The highest BCUT2D eigenvalue weighted by atomic mass is 16.5. The van der Waals surface area contributed by atoms with Crippen molar-refractivity contribution in [3.05, 3.63) is 23.7 Å². The van der Waals surface area contributed by atoms with Crippen LogP contribution in [0.5, 0.6) is 0 Å². The van der Waals surface area contributed by atoms with Gasteiger partial charge in [0.15, 0.2) is 0 Å². The SMILES string of the molecule is COCCC(C)NCc1ccc(CO)o1. The predicted octanol–water partition coefficient (Wildman–Crippen LogP) is 1.29. The summed E-state index contributed by atoms with van der Waals surface area (Å²) in [7, 11) is 1.70. The van der Waals surface area contributed by atoms with Crippen LogP contribution in [-0.2, 0) is 17.9 Å². The van der Waals surface area contributed by atoms with E-state index in [1.54, 1.807) is 13.2 Å². The van der Waals surface area contributed by atoms with Crippen molar-refractivity contribution in [2.75, 3.05) is 13.7 Å². The van der Waals surface area contributed by atoms with Gasteiger partial charge in [-0.2, -0.15) is 0 Å². The lowest BCUT2D eigenvalue weighted by atomic mass is 10.2. The summed E-state index contributed by atoms with van der Waals surface area (Å²) in [6.45, 7) is 3.51. The lowest BCUT2D eigenvalue weighted by Gasteiger charge is -2.11. The third kappa shape index (κ3) is 4.46. The van der Waals surface area contributed by atoms with Crippen molar-refractivity contribution < 1.29 is 14.3 Å². The number of nitrogens with one attached hydrogen (secondary N) is 1. The van der Waals surface area contributed by atoms with Gasteiger partial charge in [-0.15, -0.1) is 0 Å². The van der Waals surface area contributed by atoms with E-state index < -0.39 is 0 Å². The van der Waals surface area contributed by atoms with E-state index in [4.69, 9.17) is 14.3 Å². The fourth-order valence-electron chi connectivity index (χ4n) is 1.27. The van der Waals surface area contributed by atoms with Gasteiger partial charge in [-0.3, -0.25) is 0 Å². The van der Waals surface area contributed by atoms with Gasteiger partial charge in [-0.25, -0.2) is 0 Å². The van der Waals surface area contributed by atoms with Crippen LogP contribution < -0.4 is 5.32 Å². The Balaban J connectivity index is 2.24. The molecular formula is C11H19NO3. The van der Waals surface area contributed by atoms with Crippen LogP contribution in [0.15, 0.2) is 16.5 Å². The number of hydrogen-bond acceptors (Lipinski definition) is 4. The van der Waals surface area contributed by atoms with Crippen molar-refractivity contribution in [3.63, 3.8) is 0 Å². The molecule has 1 heterocycles. The lowest BCUT2D eigenvalue weighted by molar-refractivity contribution is 0.184. The van der Waals surface area contributed by atoms with Gasteiger partial charge in [0.2, 0.25) is 0 Å². The Hall–Kier alpha value is -0.840. The molecule has 1 rings (SSSR count). The summed E-state index contributed by atoms with van der Waals surface area (Å²) >= 11 is 0. The van der Waals surface area contributed by atoms with E-state index in [0.29, 0.717) is 18.3 Å². The smallest absolute Gasteiger partial charge is 0.129 e. The average Bonchev–Trinajstić information content (AvgIpc) is 2.71. The molecule has 1 unspecified atom stereocenters. The van der Waals surface area contributed by atoms with E-state index >= 15 is 0 Å². The van der Waals surface area contributed by atoms with Gasteiger partial charge in [0.1, 0.15) is 18.1 Å². The van der Waals surface area contributed by atoms with E-state index in [-0.39, 0.29) is 6.61 Å². The van der Waals surface area contributed by atoms with Crippen LogP contribution in [0.3, 0.4) is 0 Å². The molecule has 86 valence electrons. The van der Waals surface area contributed by atoms with Gasteiger partial charge in [0, 0.05) is 19.8 Å². The Morgan fingerprint density at radius 1 is 1.47 bits per heavy atom. The molecule has 4 nitrogen and oxygen atoms in total. The topological polar surface area (TPSA) is 54.6 Å². The molecule has 0 aliphatic carbocycles. The van der Waals surface area contributed by atoms with E-state index in [9.17, 15) is 0 Å². The van der Waals surface area contributed by atoms with Crippen LogP contribution in [-0.4, -0.2) is 24.9 Å². The van der Waals surface area contributed by atoms with Crippen LogP contribution in [0.1, 0.15) is 24.9 Å². The number of aliphatic hydroxyl groups is 1. The highest BCUT2D eigenvalue weighted by molar-refractivity contribution is 5.06. The Kier molecular flexibility index (Phi) is 5.39. The molecule has 1 atom stereocenters. The number of furan rings is 1. The summed E-state index contributed by atoms with van der Waals surface area (Å²) in [5.74, 6) is 1.46. The van der Waals surface area contributed by atoms with Crippen LogP contribution in [0.25, 0.3) is 0 Å². The molecule has 1 aromatic rings. The van der Waals surface area contributed by atoms with Gasteiger partial charge in [0.25, 0.3) is 0 Å². The summed E-state index contributed by atoms with van der Waals surface area (Å²) in [6, 6.07) is 4.06. The fourth-order valence-corrected chi connectivity index (χ4v) is 1.27. The summed E-state index contributed by atoms with van der Waals surface area (Å²) < 4.78 is 10.3. The first-order valence-electron chi connectivity index (χ1n) is 5.17. The number of ether oxygens (including phenoxy) is 1. The van der Waals surface area contributed by atoms with Gasteiger partial charge in [0.05, 0.1) is 6.54 Å². The molecule has 0 aromatic carbocycles. The van der Waals surface area contributed by atoms with Crippen LogP contribution >= 0.6 is 0 Å². The second-order valence-electron chi connectivity index (χ2n) is 3.59. The van der Waals surface area contributed by atoms with Crippen LogP contribution in [0.4, 0.5) is 0 Å². The summed E-state index contributed by atoms with van der Waals surface area (Å²) in [5, 5.41) is 12.1. The predicted molar refractivity (Wildman–Crippen MR) is 57.4 cm³/mol. The zero-order valence-electron chi connectivity index (χ0n) is 9.32. The lowest BCUT2D eigenvalue weighted by Crippen LogP contribution is -2.26. The molecule has 0 bridgehead atoms. The number of rotatable bonds is 7. The van der Waals surface area contributed by atoms with E-state index in [1.165, 1.54) is 0 Å². The second kappa shape index (κ2) is 6.61. The van der Waals surface area contributed by atoms with E-state index in [0.717, 1.165) is 18.8 Å². The maximum absolute atomic E-state index is 8.81. The van der Waals surface area contributed by atoms with E-state index in [2.05, 4.69) is 12.2 Å². The van der Waals surface area contributed by atoms with Gasteiger partial charge >= 0.3 is 0 Å². The zero-order valence-corrected chi connectivity index (χ0v) is 9.32. The first-order valence-corrected chi connectivity index (χ1v) is 5.17. The molecule has 0 saturated heterocycles. The monoisotopic (exact) mass is 213 g/mol. The fraction of sp³-hybridized carbons (Fsp3) is 0.636. The van der Waals surface area contributed by atoms with Crippen LogP contribution in [0, 0.1) is 0 Å². The van der Waals surface area contributed by atoms with Gasteiger partial charge in [-0.05, 0) is 25.5 Å². The third-order valence-electron chi connectivity index (χ3n) is 2.25. The number of methoxy groups -OCH3 is 1. The number of hydrogen-bond donors (Lipinski definition) is 2. The van der Waals surface area contributed by atoms with Crippen molar-refractivity contribution in [2.24, 2.45) is 0 Å². The first kappa shape index (κ1) is 12.2. The van der Waals surface area contributed by atoms with Gasteiger partial charge < -0.3 is 19.6 Å². The standard InChI is InChI=1S/C11H19NO3/c1-9(5-6-14-2)12-7-10-3-4-11(8-13)15-10/h3-4,9,12-13H,5-8H2,1-2H3. The summed E-state index contributed by atoms with van der Waals surface area (Å²) in [5.41, 5.74) is 0. The molecule has 2 N–H and O–H groups in total. The summed E-state index contributed by atoms with van der Waals surface area (Å²) in [4.78, 5) is 0. The minimum absolute atomic E-state index is 0.0424. The highest BCUT2D eigenvalue weighted by Crippen LogP contribution is 2.07. The molecule has 15 heavy (non-hydrogen) atoms. The molecular weight excluding hydrogens is 194 g/mol. The van der Waals surface area contributed by atoms with Gasteiger partial charge in [-0.1, -0.05) is 0 Å².